The van der Waals surface area contributed by atoms with Crippen LogP contribution >= 0.6 is 0 Å². The summed E-state index contributed by atoms with van der Waals surface area (Å²) < 4.78 is 5.25. The fraction of sp³-hybridized carbons (Fsp3) is 0.818. The van der Waals surface area contributed by atoms with Crippen LogP contribution in [0, 0.1) is 11.8 Å². The number of carbonyl (C=O) groups excluding carboxylic acids is 2. The van der Waals surface area contributed by atoms with Crippen molar-refractivity contribution in [3.8, 4) is 0 Å². The van der Waals surface area contributed by atoms with Crippen molar-refractivity contribution in [2.75, 3.05) is 6.54 Å². The number of carbonyl (C=O) groups is 2. The van der Waals surface area contributed by atoms with Gasteiger partial charge in [0.05, 0.1) is 6.04 Å². The first kappa shape index (κ1) is 10.5. The van der Waals surface area contributed by atoms with E-state index in [0.717, 1.165) is 12.7 Å². The largest absolute Gasteiger partial charge is 0.444 e. The van der Waals surface area contributed by atoms with E-state index in [2.05, 4.69) is 0 Å². The molecule has 0 unspecified atom stereocenters. The Hall–Kier alpha value is -1.06. The van der Waals surface area contributed by atoms with Crippen molar-refractivity contribution >= 4 is 12.4 Å². The number of fused-ring (bicyclic) bond motifs is 1. The standard InChI is InChI=1S/C11H17NO3/c1-11(2,3)15-10(14)12-5-7-4-8(7)9(12)6-13/h6-9H,4-5H2,1-3H3/t7-,8+,9+/m0/s1. The second-order valence-corrected chi connectivity index (χ2v) is 5.42. The van der Waals surface area contributed by atoms with Crippen LogP contribution in [0.3, 0.4) is 0 Å². The van der Waals surface area contributed by atoms with E-state index < -0.39 is 5.60 Å². The van der Waals surface area contributed by atoms with Crippen LogP contribution in [0.15, 0.2) is 0 Å². The van der Waals surface area contributed by atoms with Crippen molar-refractivity contribution < 1.29 is 14.3 Å². The second kappa shape index (κ2) is 3.22. The predicted octanol–water partition coefficient (Wildman–Crippen LogP) is 1.44. The van der Waals surface area contributed by atoms with Gasteiger partial charge in [0.15, 0.2) is 0 Å². The van der Waals surface area contributed by atoms with Gasteiger partial charge in [-0.2, -0.15) is 0 Å². The molecule has 15 heavy (non-hydrogen) atoms. The Bertz CT molecular complexity index is 295. The summed E-state index contributed by atoms with van der Waals surface area (Å²) >= 11 is 0. The lowest BCUT2D eigenvalue weighted by molar-refractivity contribution is -0.112. The molecule has 1 saturated heterocycles. The minimum absolute atomic E-state index is 0.246. The molecule has 1 amide bonds. The van der Waals surface area contributed by atoms with Crippen LogP contribution in [-0.2, 0) is 9.53 Å². The average Bonchev–Trinajstić information content (AvgIpc) is 2.75. The molecule has 0 N–H and O–H groups in total. The fourth-order valence-electron chi connectivity index (χ4n) is 2.20. The first-order valence-corrected chi connectivity index (χ1v) is 5.37. The zero-order valence-corrected chi connectivity index (χ0v) is 9.40. The van der Waals surface area contributed by atoms with Gasteiger partial charge in [-0.25, -0.2) is 4.79 Å². The van der Waals surface area contributed by atoms with Gasteiger partial charge in [-0.15, -0.1) is 0 Å². The van der Waals surface area contributed by atoms with Crippen molar-refractivity contribution in [1.82, 2.24) is 4.90 Å². The third-order valence-electron chi connectivity index (χ3n) is 2.97. The number of rotatable bonds is 1. The van der Waals surface area contributed by atoms with Gasteiger partial charge >= 0.3 is 6.09 Å². The maximum atomic E-state index is 11.7. The molecule has 0 aromatic rings. The summed E-state index contributed by atoms with van der Waals surface area (Å²) in [5.41, 5.74) is -0.489. The van der Waals surface area contributed by atoms with Crippen molar-refractivity contribution in [2.45, 2.75) is 38.8 Å². The van der Waals surface area contributed by atoms with E-state index >= 15 is 0 Å². The normalized spacial score (nSPS) is 33.5. The van der Waals surface area contributed by atoms with E-state index in [9.17, 15) is 9.59 Å². The predicted molar refractivity (Wildman–Crippen MR) is 54.4 cm³/mol. The molecule has 84 valence electrons. The Morgan fingerprint density at radius 3 is 2.67 bits per heavy atom. The molecule has 1 heterocycles. The van der Waals surface area contributed by atoms with Crippen LogP contribution in [0.1, 0.15) is 27.2 Å². The molecule has 4 heteroatoms. The molecule has 2 aliphatic rings. The molecule has 0 aromatic heterocycles. The zero-order valence-electron chi connectivity index (χ0n) is 9.40. The summed E-state index contributed by atoms with van der Waals surface area (Å²) in [6, 6.07) is -0.246. The van der Waals surface area contributed by atoms with Crippen molar-refractivity contribution in [3.05, 3.63) is 0 Å². The van der Waals surface area contributed by atoms with Crippen molar-refractivity contribution in [1.29, 1.82) is 0 Å². The van der Waals surface area contributed by atoms with E-state index in [4.69, 9.17) is 4.74 Å². The van der Waals surface area contributed by atoms with Crippen LogP contribution in [0.25, 0.3) is 0 Å². The van der Waals surface area contributed by atoms with Gasteiger partial charge in [0, 0.05) is 6.54 Å². The Morgan fingerprint density at radius 2 is 2.13 bits per heavy atom. The molecule has 2 rings (SSSR count). The van der Waals surface area contributed by atoms with Gasteiger partial charge in [0.25, 0.3) is 0 Å². The summed E-state index contributed by atoms with van der Waals surface area (Å²) in [7, 11) is 0. The van der Waals surface area contributed by atoms with Gasteiger partial charge < -0.3 is 9.53 Å². The van der Waals surface area contributed by atoms with E-state index in [0.29, 0.717) is 18.4 Å². The average molecular weight is 211 g/mol. The lowest BCUT2D eigenvalue weighted by atomic mass is 10.2. The number of aldehydes is 1. The highest BCUT2D eigenvalue weighted by atomic mass is 16.6. The van der Waals surface area contributed by atoms with Gasteiger partial charge in [-0.1, -0.05) is 0 Å². The highest BCUT2D eigenvalue weighted by Crippen LogP contribution is 2.49. The van der Waals surface area contributed by atoms with E-state index in [1.807, 2.05) is 20.8 Å². The number of hydrogen-bond donors (Lipinski definition) is 0. The van der Waals surface area contributed by atoms with Gasteiger partial charge in [-0.3, -0.25) is 4.90 Å². The third-order valence-corrected chi connectivity index (χ3v) is 2.97. The Balaban J connectivity index is 1.99. The maximum absolute atomic E-state index is 11.7. The summed E-state index contributed by atoms with van der Waals surface area (Å²) in [5.74, 6) is 0.933. The molecule has 1 aliphatic heterocycles. The molecule has 0 aromatic carbocycles. The molecule has 3 atom stereocenters. The zero-order chi connectivity index (χ0) is 11.2. The van der Waals surface area contributed by atoms with Gasteiger partial charge in [0.1, 0.15) is 11.9 Å². The molecule has 1 saturated carbocycles. The number of piperidine rings is 1. The molecule has 0 spiro atoms. The molecule has 1 aliphatic carbocycles. The monoisotopic (exact) mass is 211 g/mol. The second-order valence-electron chi connectivity index (χ2n) is 5.42. The molecule has 2 fully saturated rings. The van der Waals surface area contributed by atoms with E-state index in [-0.39, 0.29) is 12.1 Å². The number of nitrogens with zero attached hydrogens (tertiary/aromatic N) is 1. The lowest BCUT2D eigenvalue weighted by Crippen LogP contribution is -2.42. The molecule has 0 radical (unpaired) electrons. The fourth-order valence-corrected chi connectivity index (χ4v) is 2.20. The van der Waals surface area contributed by atoms with Crippen LogP contribution in [0.5, 0.6) is 0 Å². The minimum Gasteiger partial charge on any atom is -0.444 e. The SMILES string of the molecule is CC(C)(C)OC(=O)N1C[C@@H]2C[C@H]2[C@H]1C=O. The number of amides is 1. The number of likely N-dealkylation sites (tertiary alicyclic amines) is 1. The highest BCUT2D eigenvalue weighted by Gasteiger charge is 2.54. The number of ether oxygens (including phenoxy) is 1. The highest BCUT2D eigenvalue weighted by molar-refractivity contribution is 5.75. The third kappa shape index (κ3) is 1.98. The number of hydrogen-bond acceptors (Lipinski definition) is 3. The first-order valence-electron chi connectivity index (χ1n) is 5.37. The summed E-state index contributed by atoms with van der Waals surface area (Å²) in [5, 5.41) is 0. The van der Waals surface area contributed by atoms with Crippen LogP contribution in [-0.4, -0.2) is 35.5 Å². The van der Waals surface area contributed by atoms with Crippen molar-refractivity contribution in [2.24, 2.45) is 11.8 Å². The minimum atomic E-state index is -0.489. The van der Waals surface area contributed by atoms with E-state index in [1.165, 1.54) is 0 Å². The molecule has 4 nitrogen and oxygen atoms in total. The van der Waals surface area contributed by atoms with Gasteiger partial charge in [-0.05, 0) is 39.0 Å². The summed E-state index contributed by atoms with van der Waals surface area (Å²) in [4.78, 5) is 24.2. The topological polar surface area (TPSA) is 46.6 Å². The maximum Gasteiger partial charge on any atom is 0.410 e. The Kier molecular flexibility index (Phi) is 2.24. The molecular weight excluding hydrogens is 194 g/mol. The smallest absolute Gasteiger partial charge is 0.410 e. The van der Waals surface area contributed by atoms with Crippen LogP contribution in [0.4, 0.5) is 4.79 Å². The summed E-state index contributed by atoms with van der Waals surface area (Å²) in [6.45, 7) is 6.18. The molecule has 0 bridgehead atoms. The molecular formula is C11H17NO3. The Morgan fingerprint density at radius 1 is 1.47 bits per heavy atom. The first-order chi connectivity index (χ1) is 6.92. The summed E-state index contributed by atoms with van der Waals surface area (Å²) in [6.07, 6.45) is 1.61. The van der Waals surface area contributed by atoms with Crippen LogP contribution < -0.4 is 0 Å². The Labute approximate surface area is 89.6 Å². The lowest BCUT2D eigenvalue weighted by Gasteiger charge is -2.27. The van der Waals surface area contributed by atoms with Crippen LogP contribution in [0.2, 0.25) is 0 Å². The van der Waals surface area contributed by atoms with Gasteiger partial charge in [0.2, 0.25) is 0 Å². The van der Waals surface area contributed by atoms with E-state index in [1.54, 1.807) is 4.90 Å². The quantitative estimate of drug-likeness (QED) is 0.616. The van der Waals surface area contributed by atoms with Crippen molar-refractivity contribution in [3.63, 3.8) is 0 Å².